The third kappa shape index (κ3) is 4.59. The van der Waals surface area contributed by atoms with Crippen LogP contribution in [0.5, 0.6) is 0 Å². The van der Waals surface area contributed by atoms with Crippen molar-refractivity contribution in [2.75, 3.05) is 45.7 Å². The Balaban J connectivity index is 1.75. The Hall–Kier alpha value is -3.00. The number of nitrogens with one attached hydrogen (secondary N) is 1. The highest BCUT2D eigenvalue weighted by Gasteiger charge is 2.22. The van der Waals surface area contributed by atoms with Crippen LogP contribution in [0.2, 0.25) is 0 Å². The predicted molar refractivity (Wildman–Crippen MR) is 101 cm³/mol. The molecule has 1 saturated heterocycles. The van der Waals surface area contributed by atoms with E-state index in [4.69, 9.17) is 0 Å². The molecule has 2 aromatic rings. The van der Waals surface area contributed by atoms with Gasteiger partial charge in [0.25, 0.3) is 5.91 Å². The van der Waals surface area contributed by atoms with Crippen LogP contribution in [0.15, 0.2) is 30.3 Å². The van der Waals surface area contributed by atoms with E-state index in [1.165, 1.54) is 7.11 Å². The van der Waals surface area contributed by atoms with E-state index in [9.17, 15) is 9.59 Å². The Morgan fingerprint density at radius 2 is 1.74 bits per heavy atom. The van der Waals surface area contributed by atoms with Crippen molar-refractivity contribution in [1.82, 2.24) is 19.8 Å². The molecule has 142 valence electrons. The zero-order valence-corrected chi connectivity index (χ0v) is 15.7. The minimum Gasteiger partial charge on any atom is -0.465 e. The van der Waals surface area contributed by atoms with Gasteiger partial charge in [-0.1, -0.05) is 0 Å². The van der Waals surface area contributed by atoms with Crippen molar-refractivity contribution >= 4 is 23.5 Å². The molecule has 0 aliphatic carbocycles. The summed E-state index contributed by atoms with van der Waals surface area (Å²) in [5.74, 6) is -0.135. The number of esters is 1. The minimum atomic E-state index is -0.395. The molecule has 0 bridgehead atoms. The number of ether oxygens (including phenoxy) is 1. The van der Waals surface area contributed by atoms with E-state index in [2.05, 4.69) is 24.9 Å². The summed E-state index contributed by atoms with van der Waals surface area (Å²) in [6, 6.07) is 8.48. The van der Waals surface area contributed by atoms with Gasteiger partial charge in [0.1, 0.15) is 5.69 Å². The summed E-state index contributed by atoms with van der Waals surface area (Å²) in [5.41, 5.74) is 2.25. The van der Waals surface area contributed by atoms with E-state index in [0.717, 1.165) is 13.1 Å². The smallest absolute Gasteiger partial charge is 0.337 e. The number of anilines is 2. The number of hydrogen-bond donors (Lipinski definition) is 1. The van der Waals surface area contributed by atoms with Gasteiger partial charge < -0.3 is 19.9 Å². The average molecular weight is 369 g/mol. The number of aryl methyl sites for hydroxylation is 1. The molecule has 8 nitrogen and oxygen atoms in total. The van der Waals surface area contributed by atoms with Crippen LogP contribution in [0.3, 0.4) is 0 Å². The largest absolute Gasteiger partial charge is 0.465 e. The minimum absolute atomic E-state index is 0.0855. The molecule has 0 saturated carbocycles. The molecule has 0 atom stereocenters. The van der Waals surface area contributed by atoms with Crippen LogP contribution in [-0.2, 0) is 4.74 Å². The molecule has 1 aromatic heterocycles. The van der Waals surface area contributed by atoms with Gasteiger partial charge in [0.05, 0.1) is 12.7 Å². The number of benzene rings is 1. The standard InChI is InChI=1S/C19H23N5O3/c1-13-12-16(17(25)24-10-8-23(2)9-11-24)22-19(20-13)21-15-6-4-14(5-7-15)18(26)27-3/h4-7,12H,8-11H2,1-3H3,(H,20,21,22). The van der Waals surface area contributed by atoms with Gasteiger partial charge in [-0.2, -0.15) is 0 Å². The fourth-order valence-electron chi connectivity index (χ4n) is 2.84. The summed E-state index contributed by atoms with van der Waals surface area (Å²) in [4.78, 5) is 37.0. The zero-order chi connectivity index (χ0) is 19.4. The maximum atomic E-state index is 12.8. The summed E-state index contributed by atoms with van der Waals surface area (Å²) < 4.78 is 4.69. The Kier molecular flexibility index (Phi) is 5.66. The summed E-state index contributed by atoms with van der Waals surface area (Å²) in [6.07, 6.45) is 0. The molecule has 1 fully saturated rings. The highest BCUT2D eigenvalue weighted by atomic mass is 16.5. The van der Waals surface area contributed by atoms with Crippen LogP contribution in [0.25, 0.3) is 0 Å². The predicted octanol–water partition coefficient (Wildman–Crippen LogP) is 1.70. The Morgan fingerprint density at radius 3 is 2.37 bits per heavy atom. The normalized spacial score (nSPS) is 14.7. The molecule has 3 rings (SSSR count). The lowest BCUT2D eigenvalue weighted by atomic mass is 10.2. The number of methoxy groups -OCH3 is 1. The van der Waals surface area contributed by atoms with Gasteiger partial charge in [0, 0.05) is 37.6 Å². The molecule has 0 radical (unpaired) electrons. The molecule has 1 aliphatic heterocycles. The summed E-state index contributed by atoms with van der Waals surface area (Å²) in [5, 5.41) is 3.08. The number of piperazine rings is 1. The Bertz CT molecular complexity index is 830. The Morgan fingerprint density at radius 1 is 1.07 bits per heavy atom. The number of rotatable bonds is 4. The van der Waals surface area contributed by atoms with Crippen molar-refractivity contribution < 1.29 is 14.3 Å². The molecule has 1 aromatic carbocycles. The van der Waals surface area contributed by atoms with Crippen molar-refractivity contribution in [3.63, 3.8) is 0 Å². The second kappa shape index (κ2) is 8.13. The van der Waals surface area contributed by atoms with Gasteiger partial charge in [-0.3, -0.25) is 4.79 Å². The van der Waals surface area contributed by atoms with Gasteiger partial charge in [-0.05, 0) is 44.3 Å². The SMILES string of the molecule is COC(=O)c1ccc(Nc2nc(C)cc(C(=O)N3CCN(C)CC3)n2)cc1. The fraction of sp³-hybridized carbons (Fsp3) is 0.368. The van der Waals surface area contributed by atoms with Crippen LogP contribution >= 0.6 is 0 Å². The second-order valence-corrected chi connectivity index (χ2v) is 6.51. The molecular formula is C19H23N5O3. The number of amides is 1. The first-order chi connectivity index (χ1) is 13.0. The first kappa shape index (κ1) is 18.8. The number of likely N-dealkylation sites (N-methyl/N-ethyl adjacent to an activating group) is 1. The number of hydrogen-bond acceptors (Lipinski definition) is 7. The molecular weight excluding hydrogens is 346 g/mol. The zero-order valence-electron chi connectivity index (χ0n) is 15.7. The number of nitrogens with zero attached hydrogens (tertiary/aromatic N) is 4. The molecule has 1 aliphatic rings. The van der Waals surface area contributed by atoms with E-state index in [1.807, 2.05) is 18.9 Å². The molecule has 1 amide bonds. The van der Waals surface area contributed by atoms with Gasteiger partial charge in [0.2, 0.25) is 5.95 Å². The fourth-order valence-corrected chi connectivity index (χ4v) is 2.84. The van der Waals surface area contributed by atoms with Crippen molar-refractivity contribution in [1.29, 1.82) is 0 Å². The third-order valence-electron chi connectivity index (χ3n) is 4.43. The highest BCUT2D eigenvalue weighted by Crippen LogP contribution is 2.16. The van der Waals surface area contributed by atoms with Crippen molar-refractivity contribution in [2.45, 2.75) is 6.92 Å². The van der Waals surface area contributed by atoms with Gasteiger partial charge in [-0.25, -0.2) is 14.8 Å². The number of carbonyl (C=O) groups excluding carboxylic acids is 2. The Labute approximate surface area is 158 Å². The molecule has 0 unspecified atom stereocenters. The summed E-state index contributed by atoms with van der Waals surface area (Å²) in [6.45, 7) is 4.92. The lowest BCUT2D eigenvalue weighted by Gasteiger charge is -2.32. The van der Waals surface area contributed by atoms with Crippen molar-refractivity contribution in [3.05, 3.63) is 47.3 Å². The van der Waals surface area contributed by atoms with E-state index in [1.54, 1.807) is 30.3 Å². The lowest BCUT2D eigenvalue weighted by Crippen LogP contribution is -2.47. The van der Waals surface area contributed by atoms with Gasteiger partial charge >= 0.3 is 5.97 Å². The van der Waals surface area contributed by atoms with Crippen LogP contribution in [0.4, 0.5) is 11.6 Å². The van der Waals surface area contributed by atoms with Gasteiger partial charge in [-0.15, -0.1) is 0 Å². The van der Waals surface area contributed by atoms with Gasteiger partial charge in [0.15, 0.2) is 0 Å². The van der Waals surface area contributed by atoms with Crippen LogP contribution in [0.1, 0.15) is 26.5 Å². The maximum absolute atomic E-state index is 12.8. The van der Waals surface area contributed by atoms with Crippen molar-refractivity contribution in [3.8, 4) is 0 Å². The van der Waals surface area contributed by atoms with Crippen LogP contribution < -0.4 is 5.32 Å². The average Bonchev–Trinajstić information content (AvgIpc) is 2.67. The third-order valence-corrected chi connectivity index (χ3v) is 4.43. The monoisotopic (exact) mass is 369 g/mol. The lowest BCUT2D eigenvalue weighted by molar-refractivity contribution is 0.0599. The molecule has 1 N–H and O–H groups in total. The first-order valence-electron chi connectivity index (χ1n) is 8.75. The molecule has 27 heavy (non-hydrogen) atoms. The number of aromatic nitrogens is 2. The van der Waals surface area contributed by atoms with Crippen LogP contribution in [-0.4, -0.2) is 72.0 Å². The maximum Gasteiger partial charge on any atom is 0.337 e. The topological polar surface area (TPSA) is 87.7 Å². The van der Waals surface area contributed by atoms with Crippen LogP contribution in [0, 0.1) is 6.92 Å². The first-order valence-corrected chi connectivity index (χ1v) is 8.75. The summed E-state index contributed by atoms with van der Waals surface area (Å²) >= 11 is 0. The van der Waals surface area contributed by atoms with E-state index in [0.29, 0.717) is 41.7 Å². The van der Waals surface area contributed by atoms with E-state index >= 15 is 0 Å². The molecule has 8 heteroatoms. The number of carbonyl (C=O) groups is 2. The molecule has 2 heterocycles. The molecule has 0 spiro atoms. The van der Waals surface area contributed by atoms with E-state index in [-0.39, 0.29) is 5.91 Å². The van der Waals surface area contributed by atoms with Crippen molar-refractivity contribution in [2.24, 2.45) is 0 Å². The van der Waals surface area contributed by atoms with E-state index < -0.39 is 5.97 Å². The highest BCUT2D eigenvalue weighted by molar-refractivity contribution is 5.93. The second-order valence-electron chi connectivity index (χ2n) is 6.51. The summed E-state index contributed by atoms with van der Waals surface area (Å²) in [7, 11) is 3.39. The quantitative estimate of drug-likeness (QED) is 0.821.